The molecule has 0 aliphatic carbocycles. The van der Waals surface area contributed by atoms with Crippen molar-refractivity contribution < 1.29 is 9.29 Å². The lowest BCUT2D eigenvalue weighted by Gasteiger charge is -2.19. The number of hydrogen-bond donors (Lipinski definition) is 0. The molecule has 0 saturated heterocycles. The molecule has 1 rings (SSSR count). The molecule has 0 aliphatic heterocycles. The first-order chi connectivity index (χ1) is 9.38. The Morgan fingerprint density at radius 3 is 2.65 bits per heavy atom. The van der Waals surface area contributed by atoms with Gasteiger partial charge in [0.1, 0.15) is 21.9 Å². The Labute approximate surface area is 129 Å². The molecule has 1 unspecified atom stereocenters. The summed E-state index contributed by atoms with van der Waals surface area (Å²) >= 11 is 4.49. The van der Waals surface area contributed by atoms with Gasteiger partial charge in [0.2, 0.25) is 0 Å². The summed E-state index contributed by atoms with van der Waals surface area (Å²) < 4.78 is 21.5. The highest BCUT2D eigenvalue weighted by atomic mass is 35.5. The number of hydrogen-bond acceptors (Lipinski definition) is 3. The van der Waals surface area contributed by atoms with Gasteiger partial charge in [-0.25, -0.2) is 0 Å². The minimum absolute atomic E-state index is 0.370. The zero-order valence-corrected chi connectivity index (χ0v) is 14.1. The van der Waals surface area contributed by atoms with Gasteiger partial charge in [-0.05, 0) is 45.7 Å². The molecule has 0 heterocycles. The Morgan fingerprint density at radius 1 is 1.40 bits per heavy atom. The predicted molar refractivity (Wildman–Crippen MR) is 87.4 cm³/mol. The summed E-state index contributed by atoms with van der Waals surface area (Å²) in [5.41, 5.74) is 1.75. The van der Waals surface area contributed by atoms with E-state index < -0.39 is 11.4 Å². The first kappa shape index (κ1) is 17.3. The Balaban J connectivity index is 3.07. The van der Waals surface area contributed by atoms with Crippen LogP contribution < -0.4 is 4.74 Å². The molecule has 0 fully saturated rings. The van der Waals surface area contributed by atoms with Crippen molar-refractivity contribution in [2.45, 2.75) is 38.4 Å². The van der Waals surface area contributed by atoms with Crippen molar-refractivity contribution in [3.63, 3.8) is 0 Å². The maximum Gasteiger partial charge on any atom is 0.144 e. The lowest BCUT2D eigenvalue weighted by molar-refractivity contribution is 0.414. The number of benzene rings is 1. The van der Waals surface area contributed by atoms with Crippen molar-refractivity contribution in [3.05, 3.63) is 29.8 Å². The van der Waals surface area contributed by atoms with Gasteiger partial charge in [-0.2, -0.15) is 0 Å². The van der Waals surface area contributed by atoms with E-state index in [9.17, 15) is 4.55 Å². The number of methoxy groups -OCH3 is 1. The van der Waals surface area contributed by atoms with E-state index in [4.69, 9.17) is 16.3 Å². The van der Waals surface area contributed by atoms with Gasteiger partial charge < -0.3 is 9.29 Å². The molecule has 1 aromatic rings. The Morgan fingerprint density at radius 2 is 2.10 bits per heavy atom. The van der Waals surface area contributed by atoms with Gasteiger partial charge in [0.25, 0.3) is 0 Å². The maximum atomic E-state index is 12.2. The van der Waals surface area contributed by atoms with Crippen LogP contribution in [-0.4, -0.2) is 28.0 Å². The minimum Gasteiger partial charge on any atom is -0.591 e. The quantitative estimate of drug-likeness (QED) is 0.453. The van der Waals surface area contributed by atoms with Crippen molar-refractivity contribution in [1.29, 1.82) is 0 Å². The largest absolute Gasteiger partial charge is 0.591 e. The third-order valence-corrected chi connectivity index (χ3v) is 4.37. The third-order valence-electron chi connectivity index (χ3n) is 2.67. The zero-order valence-electron chi connectivity index (χ0n) is 12.5. The average molecular weight is 316 g/mol. The fourth-order valence-corrected chi connectivity index (χ4v) is 2.32. The van der Waals surface area contributed by atoms with Crippen LogP contribution in [0.5, 0.6) is 5.75 Å². The number of nitrogens with zero attached hydrogens (tertiary/aromatic N) is 1. The highest BCUT2D eigenvalue weighted by molar-refractivity contribution is 7.91. The predicted octanol–water partition coefficient (Wildman–Crippen LogP) is 3.97. The fraction of sp³-hybridized carbons (Fsp3) is 0.533. The molecule has 0 spiro atoms. The van der Waals surface area contributed by atoms with Gasteiger partial charge in [-0.1, -0.05) is 16.5 Å². The van der Waals surface area contributed by atoms with E-state index >= 15 is 0 Å². The van der Waals surface area contributed by atoms with Gasteiger partial charge in [0.05, 0.1) is 12.8 Å². The monoisotopic (exact) mass is 315 g/mol. The molecule has 0 aliphatic rings. The van der Waals surface area contributed by atoms with Crippen LogP contribution in [-0.2, 0) is 11.4 Å². The van der Waals surface area contributed by atoms with Crippen LogP contribution in [0, 0.1) is 0 Å². The van der Waals surface area contributed by atoms with Crippen LogP contribution in [0.1, 0.15) is 39.2 Å². The standard InChI is InChI=1S/C15H22ClNO2S/c1-15(2,3)20(18)17-14(9-6-10-16)12-7-5-8-13(11-12)19-4/h5,7-8,11H,6,9-10H2,1-4H3/b17-14-. The van der Waals surface area contributed by atoms with Gasteiger partial charge in [-0.15, -0.1) is 11.6 Å². The SMILES string of the molecule is COc1cccc(/C(CCCCl)=N\[S+]([O-])C(C)(C)C)c1. The lowest BCUT2D eigenvalue weighted by atomic mass is 10.1. The molecule has 112 valence electrons. The molecule has 0 saturated carbocycles. The number of ether oxygens (including phenoxy) is 1. The van der Waals surface area contributed by atoms with Crippen molar-refractivity contribution in [2.24, 2.45) is 4.40 Å². The van der Waals surface area contributed by atoms with Crippen molar-refractivity contribution in [3.8, 4) is 5.75 Å². The summed E-state index contributed by atoms with van der Waals surface area (Å²) in [6.07, 6.45) is 1.51. The van der Waals surface area contributed by atoms with Crippen molar-refractivity contribution >= 4 is 28.7 Å². The summed E-state index contributed by atoms with van der Waals surface area (Å²) in [6, 6.07) is 7.65. The van der Waals surface area contributed by atoms with E-state index in [2.05, 4.69) is 4.40 Å². The molecule has 1 atom stereocenters. The summed E-state index contributed by atoms with van der Waals surface area (Å²) in [6.45, 7) is 5.74. The third kappa shape index (κ3) is 5.35. The summed E-state index contributed by atoms with van der Waals surface area (Å²) in [7, 11) is 1.63. The van der Waals surface area contributed by atoms with Crippen LogP contribution in [0.25, 0.3) is 0 Å². The van der Waals surface area contributed by atoms with Crippen LogP contribution in [0.3, 0.4) is 0 Å². The van der Waals surface area contributed by atoms with Gasteiger partial charge in [-0.3, -0.25) is 0 Å². The van der Waals surface area contributed by atoms with E-state index in [0.29, 0.717) is 12.3 Å². The van der Waals surface area contributed by atoms with Crippen molar-refractivity contribution in [1.82, 2.24) is 0 Å². The molecule has 0 amide bonds. The van der Waals surface area contributed by atoms with Crippen LogP contribution in [0.15, 0.2) is 28.7 Å². The van der Waals surface area contributed by atoms with Gasteiger partial charge in [0, 0.05) is 11.4 Å². The molecule has 0 bridgehead atoms. The summed E-state index contributed by atoms with van der Waals surface area (Å²) in [4.78, 5) is 0. The molecule has 3 nitrogen and oxygen atoms in total. The molecule has 0 aromatic heterocycles. The lowest BCUT2D eigenvalue weighted by Crippen LogP contribution is -2.27. The van der Waals surface area contributed by atoms with Crippen molar-refractivity contribution in [2.75, 3.05) is 13.0 Å². The number of alkyl halides is 1. The fourth-order valence-electron chi connectivity index (χ4n) is 1.52. The van der Waals surface area contributed by atoms with E-state index in [1.807, 2.05) is 45.0 Å². The van der Waals surface area contributed by atoms with E-state index in [-0.39, 0.29) is 4.75 Å². The highest BCUT2D eigenvalue weighted by Gasteiger charge is 2.27. The first-order valence-electron chi connectivity index (χ1n) is 6.58. The normalized spacial score (nSPS) is 14.2. The molecule has 0 radical (unpaired) electrons. The van der Waals surface area contributed by atoms with E-state index in [1.54, 1.807) is 7.11 Å². The Kier molecular flexibility index (Phi) is 6.86. The zero-order chi connectivity index (χ0) is 15.2. The van der Waals surface area contributed by atoms with Gasteiger partial charge in [0.15, 0.2) is 0 Å². The number of rotatable bonds is 6. The number of halogens is 1. The van der Waals surface area contributed by atoms with E-state index in [1.165, 1.54) is 0 Å². The second-order valence-electron chi connectivity index (χ2n) is 5.42. The van der Waals surface area contributed by atoms with Crippen LogP contribution in [0.2, 0.25) is 0 Å². The molecule has 0 N–H and O–H groups in total. The average Bonchev–Trinajstić information content (AvgIpc) is 2.42. The van der Waals surface area contributed by atoms with Crippen LogP contribution in [0.4, 0.5) is 0 Å². The first-order valence-corrected chi connectivity index (χ1v) is 8.22. The summed E-state index contributed by atoms with van der Waals surface area (Å²) in [5, 5.41) is 0. The molecular formula is C15H22ClNO2S. The molecular weight excluding hydrogens is 294 g/mol. The highest BCUT2D eigenvalue weighted by Crippen LogP contribution is 2.21. The molecule has 20 heavy (non-hydrogen) atoms. The minimum atomic E-state index is -1.28. The smallest absolute Gasteiger partial charge is 0.144 e. The second kappa shape index (κ2) is 7.91. The Hall–Kier alpha value is -0.710. The molecule has 5 heteroatoms. The summed E-state index contributed by atoms with van der Waals surface area (Å²) in [5.74, 6) is 1.33. The topological polar surface area (TPSA) is 44.6 Å². The molecule has 1 aromatic carbocycles. The Bertz CT molecular complexity index is 457. The van der Waals surface area contributed by atoms with Crippen LogP contribution >= 0.6 is 11.6 Å². The van der Waals surface area contributed by atoms with E-state index in [0.717, 1.165) is 23.4 Å². The van der Waals surface area contributed by atoms with Gasteiger partial charge >= 0.3 is 0 Å². The second-order valence-corrected chi connectivity index (χ2v) is 7.71. The maximum absolute atomic E-state index is 12.2.